The average molecular weight is 539 g/mol. The second-order valence-electron chi connectivity index (χ2n) is 10.8. The Kier molecular flexibility index (Phi) is 4.95. The molecule has 1 aliphatic heterocycles. The van der Waals surface area contributed by atoms with Gasteiger partial charge in [-0.25, -0.2) is 4.90 Å². The molecule has 0 unspecified atom stereocenters. The number of rotatable bonds is 3. The Bertz CT molecular complexity index is 1860. The highest BCUT2D eigenvalue weighted by Gasteiger charge is 2.68. The van der Waals surface area contributed by atoms with Crippen LogP contribution < -0.4 is 4.90 Å². The quantitative estimate of drug-likeness (QED) is 0.177. The van der Waals surface area contributed by atoms with Gasteiger partial charge in [-0.1, -0.05) is 103 Å². The molecule has 192 valence electrons. The number of amides is 2. The van der Waals surface area contributed by atoms with Crippen LogP contribution in [0.3, 0.4) is 0 Å². The van der Waals surface area contributed by atoms with Gasteiger partial charge < -0.3 is 0 Å². The summed E-state index contributed by atoms with van der Waals surface area (Å²) in [5.74, 6) is -1.71. The van der Waals surface area contributed by atoms with Gasteiger partial charge in [-0.2, -0.15) is 0 Å². The lowest BCUT2D eigenvalue weighted by Gasteiger charge is -2.52. The van der Waals surface area contributed by atoms with Gasteiger partial charge in [-0.15, -0.1) is 0 Å². The fourth-order valence-corrected chi connectivity index (χ4v) is 7.61. The van der Waals surface area contributed by atoms with Crippen molar-refractivity contribution in [3.8, 4) is 0 Å². The second-order valence-corrected chi connectivity index (χ2v) is 11.2. The summed E-state index contributed by atoms with van der Waals surface area (Å²) in [4.78, 5) is 35.6. The summed E-state index contributed by atoms with van der Waals surface area (Å²) < 4.78 is 0. The third-order valence-electron chi connectivity index (χ3n) is 8.92. The van der Waals surface area contributed by atoms with E-state index in [1.165, 1.54) is 4.90 Å². The normalized spacial score (nSPS) is 24.4. The smallest absolute Gasteiger partial charge is 0.239 e. The molecule has 9 rings (SSSR count). The van der Waals surface area contributed by atoms with Gasteiger partial charge in [0.05, 0.1) is 28.6 Å². The molecule has 3 aliphatic carbocycles. The highest BCUT2D eigenvalue weighted by Crippen LogP contribution is 2.64. The predicted molar refractivity (Wildman–Crippen MR) is 159 cm³/mol. The lowest BCUT2D eigenvalue weighted by atomic mass is 9.47. The number of nitrogens with zero attached hydrogens (tertiary/aromatic N) is 2. The molecular weight excluding hydrogens is 516 g/mol. The van der Waals surface area contributed by atoms with Crippen molar-refractivity contribution in [3.63, 3.8) is 0 Å². The minimum atomic E-state index is -0.916. The van der Waals surface area contributed by atoms with Crippen molar-refractivity contribution in [2.75, 3.05) is 4.90 Å². The Morgan fingerprint density at radius 2 is 1.38 bits per heavy atom. The third kappa shape index (κ3) is 3.00. The molecule has 0 radical (unpaired) electrons. The maximum Gasteiger partial charge on any atom is 0.239 e. The number of anilines is 1. The Labute approximate surface area is 236 Å². The van der Waals surface area contributed by atoms with Crippen molar-refractivity contribution in [1.82, 2.24) is 0 Å². The molecule has 0 saturated carbocycles. The number of fused-ring (bicyclic) bond motifs is 1. The van der Waals surface area contributed by atoms with E-state index in [2.05, 4.69) is 24.3 Å². The predicted octanol–water partition coefficient (Wildman–Crippen LogP) is 7.45. The molecule has 2 atom stereocenters. The van der Waals surface area contributed by atoms with Crippen LogP contribution in [0, 0.1) is 11.8 Å². The number of carbonyl (C=O) groups is 2. The van der Waals surface area contributed by atoms with E-state index in [0.717, 1.165) is 33.0 Å². The van der Waals surface area contributed by atoms with Gasteiger partial charge in [-0.05, 0) is 51.9 Å². The molecule has 1 heterocycles. The fraction of sp³-hybridized carbons (Fsp3) is 0.114. The summed E-state index contributed by atoms with van der Waals surface area (Å²) >= 11 is 6.29. The highest BCUT2D eigenvalue weighted by molar-refractivity contribution is 6.31. The standard InChI is InChI=1S/C35H23ClN2O2/c36-22-11-8-12-23(19-22)37-20-35-27-16-5-3-14-25(27)30(26-15-4-6-17-28(26)35)31-32(35)34(40)38(33(31)39)29-18-7-10-21-9-1-2-13-24(21)29/h1-20,30-32H/t30?,31-,32-,35?/m1/s1. The van der Waals surface area contributed by atoms with E-state index in [4.69, 9.17) is 16.6 Å². The van der Waals surface area contributed by atoms with Crippen LogP contribution >= 0.6 is 11.6 Å². The van der Waals surface area contributed by atoms with Gasteiger partial charge in [0.1, 0.15) is 0 Å². The molecule has 5 aromatic rings. The minimum Gasteiger partial charge on any atom is -0.274 e. The van der Waals surface area contributed by atoms with E-state index in [9.17, 15) is 9.59 Å². The summed E-state index contributed by atoms with van der Waals surface area (Å²) in [6, 6.07) is 37.5. The second kappa shape index (κ2) is 8.48. The molecule has 0 aromatic heterocycles. The van der Waals surface area contributed by atoms with Gasteiger partial charge >= 0.3 is 0 Å². The van der Waals surface area contributed by atoms with Crippen molar-refractivity contribution in [3.05, 3.63) is 143 Å². The molecule has 0 N–H and O–H groups in total. The van der Waals surface area contributed by atoms with Crippen molar-refractivity contribution in [2.24, 2.45) is 16.8 Å². The Balaban J connectivity index is 1.40. The van der Waals surface area contributed by atoms with Gasteiger partial charge in [0.2, 0.25) is 11.8 Å². The molecule has 40 heavy (non-hydrogen) atoms. The molecule has 2 amide bonds. The first kappa shape index (κ1) is 23.4. The molecule has 0 spiro atoms. The van der Waals surface area contributed by atoms with Crippen molar-refractivity contribution < 1.29 is 9.59 Å². The van der Waals surface area contributed by atoms with E-state index in [-0.39, 0.29) is 17.7 Å². The first-order valence-electron chi connectivity index (χ1n) is 13.4. The molecule has 1 saturated heterocycles. The SMILES string of the molecule is O=C1[C@@H]2C3c4ccccc4C(C=Nc4cccc(Cl)c4)(c4ccccc43)[C@H]2C(=O)N1c1cccc2ccccc12. The van der Waals surface area contributed by atoms with Crippen LogP contribution in [0.5, 0.6) is 0 Å². The van der Waals surface area contributed by atoms with E-state index in [0.29, 0.717) is 16.4 Å². The van der Waals surface area contributed by atoms with Crippen molar-refractivity contribution in [2.45, 2.75) is 11.3 Å². The Hall–Kier alpha value is -4.54. The van der Waals surface area contributed by atoms with Crippen LogP contribution in [0.2, 0.25) is 5.02 Å². The maximum atomic E-state index is 14.7. The number of aliphatic imine (C=N–C) groups is 1. The zero-order valence-electron chi connectivity index (χ0n) is 21.4. The first-order valence-corrected chi connectivity index (χ1v) is 13.8. The molecule has 2 bridgehead atoms. The highest BCUT2D eigenvalue weighted by atomic mass is 35.5. The zero-order chi connectivity index (χ0) is 27.0. The van der Waals surface area contributed by atoms with Gasteiger partial charge in [0.15, 0.2) is 0 Å². The van der Waals surface area contributed by atoms with Crippen molar-refractivity contribution in [1.29, 1.82) is 0 Å². The molecule has 4 nitrogen and oxygen atoms in total. The number of benzene rings is 5. The monoisotopic (exact) mass is 538 g/mol. The lowest BCUT2D eigenvalue weighted by molar-refractivity contribution is -0.122. The fourth-order valence-electron chi connectivity index (χ4n) is 7.42. The van der Waals surface area contributed by atoms with Crippen LogP contribution in [-0.2, 0) is 15.0 Å². The number of hydrogen-bond acceptors (Lipinski definition) is 3. The Morgan fingerprint density at radius 1 is 0.725 bits per heavy atom. The minimum absolute atomic E-state index is 0.152. The number of imide groups is 1. The van der Waals surface area contributed by atoms with Gasteiger partial charge in [-0.3, -0.25) is 14.6 Å². The van der Waals surface area contributed by atoms with E-state index < -0.39 is 17.3 Å². The van der Waals surface area contributed by atoms with E-state index in [1.807, 2.05) is 97.2 Å². The van der Waals surface area contributed by atoms with Gasteiger partial charge in [0, 0.05) is 22.5 Å². The van der Waals surface area contributed by atoms with E-state index >= 15 is 0 Å². The number of hydrogen-bond donors (Lipinski definition) is 0. The topological polar surface area (TPSA) is 49.7 Å². The van der Waals surface area contributed by atoms with Crippen LogP contribution in [-0.4, -0.2) is 18.0 Å². The van der Waals surface area contributed by atoms with Crippen LogP contribution in [0.1, 0.15) is 28.2 Å². The molecular formula is C35H23ClN2O2. The summed E-state index contributed by atoms with van der Waals surface area (Å²) in [7, 11) is 0. The largest absolute Gasteiger partial charge is 0.274 e. The molecule has 1 fully saturated rings. The number of halogens is 1. The number of carbonyl (C=O) groups excluding carboxylic acids is 2. The molecule has 5 aromatic carbocycles. The lowest BCUT2D eigenvalue weighted by Crippen LogP contribution is -2.54. The van der Waals surface area contributed by atoms with E-state index in [1.54, 1.807) is 0 Å². The van der Waals surface area contributed by atoms with Crippen LogP contribution in [0.15, 0.2) is 120 Å². The van der Waals surface area contributed by atoms with Crippen LogP contribution in [0.4, 0.5) is 11.4 Å². The average Bonchev–Trinajstić information content (AvgIpc) is 3.26. The third-order valence-corrected chi connectivity index (χ3v) is 9.15. The maximum absolute atomic E-state index is 14.7. The molecule has 4 aliphatic rings. The summed E-state index contributed by atoms with van der Waals surface area (Å²) in [5, 5.41) is 2.46. The van der Waals surface area contributed by atoms with Crippen molar-refractivity contribution >= 4 is 51.8 Å². The summed E-state index contributed by atoms with van der Waals surface area (Å²) in [6.07, 6.45) is 1.90. The van der Waals surface area contributed by atoms with Gasteiger partial charge in [0.25, 0.3) is 0 Å². The summed E-state index contributed by atoms with van der Waals surface area (Å²) in [6.45, 7) is 0. The zero-order valence-corrected chi connectivity index (χ0v) is 22.1. The first-order chi connectivity index (χ1) is 19.6. The Morgan fingerprint density at radius 3 is 2.12 bits per heavy atom. The molecule has 5 heteroatoms. The van der Waals surface area contributed by atoms with Crippen LogP contribution in [0.25, 0.3) is 10.8 Å². The summed E-state index contributed by atoms with van der Waals surface area (Å²) in [5.41, 5.74) is 4.65.